The van der Waals surface area contributed by atoms with Gasteiger partial charge in [0.2, 0.25) is 0 Å². The molecule has 2 bridgehead atoms. The van der Waals surface area contributed by atoms with Crippen LogP contribution in [-0.4, -0.2) is 6.04 Å². The molecule has 1 N–H and O–H groups in total. The van der Waals surface area contributed by atoms with E-state index in [1.54, 1.807) is 0 Å². The molecule has 0 radical (unpaired) electrons. The molecule has 98 valence electrons. The maximum atomic E-state index is 3.74. The van der Waals surface area contributed by atoms with Crippen LogP contribution in [0.5, 0.6) is 0 Å². The topological polar surface area (TPSA) is 12.0 Å². The second kappa shape index (κ2) is 5.34. The van der Waals surface area contributed by atoms with Gasteiger partial charge in [0.05, 0.1) is 0 Å². The Labute approximate surface area is 118 Å². The number of hydrogen-bond acceptors (Lipinski definition) is 1. The van der Waals surface area contributed by atoms with E-state index in [1.807, 2.05) is 0 Å². The molecule has 2 heteroatoms. The van der Waals surface area contributed by atoms with Crippen LogP contribution in [0.4, 0.5) is 0 Å². The molecule has 4 atom stereocenters. The fourth-order valence-electron chi connectivity index (χ4n) is 3.97. The molecule has 2 saturated carbocycles. The van der Waals surface area contributed by atoms with Crippen molar-refractivity contribution in [3.8, 4) is 0 Å². The smallest absolute Gasteiger partial charge is 0.0220 e. The maximum Gasteiger partial charge on any atom is 0.0220 e. The van der Waals surface area contributed by atoms with Crippen molar-refractivity contribution in [2.24, 2.45) is 17.8 Å². The van der Waals surface area contributed by atoms with Gasteiger partial charge in [-0.1, -0.05) is 40.5 Å². The molecule has 1 aromatic rings. The van der Waals surface area contributed by atoms with Crippen LogP contribution in [-0.2, 0) is 6.54 Å². The summed E-state index contributed by atoms with van der Waals surface area (Å²) >= 11 is 3.62. The van der Waals surface area contributed by atoms with Crippen LogP contribution in [0.3, 0.4) is 0 Å². The van der Waals surface area contributed by atoms with Crippen LogP contribution in [0.2, 0.25) is 0 Å². The summed E-state index contributed by atoms with van der Waals surface area (Å²) in [6.07, 6.45) is 5.95. The number of fused-ring (bicyclic) bond motifs is 2. The molecule has 18 heavy (non-hydrogen) atoms. The zero-order valence-electron chi connectivity index (χ0n) is 11.0. The molecule has 0 saturated heterocycles. The first-order valence-electron chi connectivity index (χ1n) is 7.21. The van der Waals surface area contributed by atoms with Crippen molar-refractivity contribution in [1.29, 1.82) is 0 Å². The highest BCUT2D eigenvalue weighted by atomic mass is 79.9. The maximum absolute atomic E-state index is 3.74. The standard InChI is InChI=1S/C16H22BrN/c1-11(15-9-12-6-7-13(15)8-12)18-10-14-4-2-3-5-16(14)17/h2-5,11-13,15,18H,6-10H2,1H3/t11-,12-,13-,15+/m0/s1. The van der Waals surface area contributed by atoms with Crippen LogP contribution in [0.15, 0.2) is 28.7 Å². The van der Waals surface area contributed by atoms with E-state index >= 15 is 0 Å². The fourth-order valence-corrected chi connectivity index (χ4v) is 4.40. The van der Waals surface area contributed by atoms with E-state index in [0.29, 0.717) is 6.04 Å². The van der Waals surface area contributed by atoms with Gasteiger partial charge in [-0.2, -0.15) is 0 Å². The van der Waals surface area contributed by atoms with Gasteiger partial charge in [-0.05, 0) is 55.6 Å². The number of halogens is 1. The highest BCUT2D eigenvalue weighted by Gasteiger charge is 2.41. The van der Waals surface area contributed by atoms with E-state index in [-0.39, 0.29) is 0 Å². The lowest BCUT2D eigenvalue weighted by Crippen LogP contribution is -2.35. The minimum atomic E-state index is 0.660. The van der Waals surface area contributed by atoms with E-state index in [4.69, 9.17) is 0 Å². The normalized spacial score (nSPS) is 31.8. The largest absolute Gasteiger partial charge is 0.310 e. The fraction of sp³-hybridized carbons (Fsp3) is 0.625. The zero-order chi connectivity index (χ0) is 12.5. The Hall–Kier alpha value is -0.340. The van der Waals surface area contributed by atoms with E-state index in [9.17, 15) is 0 Å². The number of benzene rings is 1. The van der Waals surface area contributed by atoms with Gasteiger partial charge in [-0.3, -0.25) is 0 Å². The average molecular weight is 308 g/mol. The molecular formula is C16H22BrN. The number of rotatable bonds is 4. The van der Waals surface area contributed by atoms with Gasteiger partial charge in [0.15, 0.2) is 0 Å². The van der Waals surface area contributed by atoms with Gasteiger partial charge in [-0.15, -0.1) is 0 Å². The summed E-state index contributed by atoms with van der Waals surface area (Å²) in [7, 11) is 0. The summed E-state index contributed by atoms with van der Waals surface area (Å²) in [6.45, 7) is 3.36. The van der Waals surface area contributed by atoms with Crippen LogP contribution in [0.1, 0.15) is 38.2 Å². The summed E-state index contributed by atoms with van der Waals surface area (Å²) in [5, 5.41) is 3.74. The quantitative estimate of drug-likeness (QED) is 0.871. The van der Waals surface area contributed by atoms with Crippen molar-refractivity contribution in [1.82, 2.24) is 5.32 Å². The monoisotopic (exact) mass is 307 g/mol. The van der Waals surface area contributed by atoms with Gasteiger partial charge >= 0.3 is 0 Å². The van der Waals surface area contributed by atoms with Crippen LogP contribution >= 0.6 is 15.9 Å². The van der Waals surface area contributed by atoms with Gasteiger partial charge in [0.1, 0.15) is 0 Å². The van der Waals surface area contributed by atoms with Crippen molar-refractivity contribution < 1.29 is 0 Å². The summed E-state index contributed by atoms with van der Waals surface area (Å²) in [5.74, 6) is 2.98. The van der Waals surface area contributed by atoms with E-state index in [0.717, 1.165) is 24.3 Å². The first-order valence-corrected chi connectivity index (χ1v) is 8.00. The Kier molecular flexibility index (Phi) is 3.76. The molecule has 0 unspecified atom stereocenters. The Balaban J connectivity index is 1.56. The third-order valence-electron chi connectivity index (χ3n) is 5.01. The molecular weight excluding hydrogens is 286 g/mol. The molecule has 3 rings (SSSR count). The predicted molar refractivity (Wildman–Crippen MR) is 79.4 cm³/mol. The lowest BCUT2D eigenvalue weighted by molar-refractivity contribution is 0.259. The summed E-state index contributed by atoms with van der Waals surface area (Å²) < 4.78 is 1.22. The van der Waals surface area contributed by atoms with Gasteiger partial charge in [0, 0.05) is 17.1 Å². The highest BCUT2D eigenvalue weighted by Crippen LogP contribution is 2.49. The molecule has 2 aliphatic carbocycles. The molecule has 0 aliphatic heterocycles. The van der Waals surface area contributed by atoms with E-state index in [1.165, 1.54) is 35.7 Å². The number of nitrogens with one attached hydrogen (secondary N) is 1. The van der Waals surface area contributed by atoms with Gasteiger partial charge < -0.3 is 5.32 Å². The molecule has 2 fully saturated rings. The molecule has 1 aromatic carbocycles. The van der Waals surface area contributed by atoms with Crippen LogP contribution in [0.25, 0.3) is 0 Å². The minimum absolute atomic E-state index is 0.660. The lowest BCUT2D eigenvalue weighted by Gasteiger charge is -2.28. The average Bonchev–Trinajstić information content (AvgIpc) is 2.99. The van der Waals surface area contributed by atoms with Crippen molar-refractivity contribution in [2.75, 3.05) is 0 Å². The summed E-state index contributed by atoms with van der Waals surface area (Å²) in [6, 6.07) is 9.17. The van der Waals surface area contributed by atoms with Gasteiger partial charge in [-0.25, -0.2) is 0 Å². The molecule has 2 aliphatic rings. The zero-order valence-corrected chi connectivity index (χ0v) is 12.6. The second-order valence-corrected chi connectivity index (χ2v) is 6.95. The van der Waals surface area contributed by atoms with Crippen molar-refractivity contribution in [3.05, 3.63) is 34.3 Å². The third kappa shape index (κ3) is 2.50. The molecule has 0 aromatic heterocycles. The molecule has 0 heterocycles. The summed E-state index contributed by atoms with van der Waals surface area (Å²) in [4.78, 5) is 0. The Morgan fingerprint density at radius 3 is 2.78 bits per heavy atom. The molecule has 1 nitrogen and oxygen atoms in total. The van der Waals surface area contributed by atoms with E-state index in [2.05, 4.69) is 52.4 Å². The highest BCUT2D eigenvalue weighted by molar-refractivity contribution is 9.10. The molecule has 0 spiro atoms. The first-order chi connectivity index (χ1) is 8.74. The third-order valence-corrected chi connectivity index (χ3v) is 5.78. The predicted octanol–water partition coefficient (Wildman–Crippen LogP) is 4.36. The van der Waals surface area contributed by atoms with E-state index < -0.39 is 0 Å². The van der Waals surface area contributed by atoms with Crippen molar-refractivity contribution in [2.45, 2.75) is 45.2 Å². The Morgan fingerprint density at radius 2 is 2.11 bits per heavy atom. The van der Waals surface area contributed by atoms with Gasteiger partial charge in [0.25, 0.3) is 0 Å². The number of hydrogen-bond donors (Lipinski definition) is 1. The molecule has 0 amide bonds. The SMILES string of the molecule is C[C@H](NCc1ccccc1Br)[C@H]1C[C@H]2CC[C@H]1C2. The first kappa shape index (κ1) is 12.7. The second-order valence-electron chi connectivity index (χ2n) is 6.10. The van der Waals surface area contributed by atoms with Crippen molar-refractivity contribution in [3.63, 3.8) is 0 Å². The summed E-state index contributed by atoms with van der Waals surface area (Å²) in [5.41, 5.74) is 1.37. The Bertz CT molecular complexity index is 417. The lowest BCUT2D eigenvalue weighted by atomic mass is 9.84. The van der Waals surface area contributed by atoms with Crippen LogP contribution in [0, 0.1) is 17.8 Å². The Morgan fingerprint density at radius 1 is 1.28 bits per heavy atom. The van der Waals surface area contributed by atoms with Crippen molar-refractivity contribution >= 4 is 15.9 Å². The minimum Gasteiger partial charge on any atom is -0.310 e. The van der Waals surface area contributed by atoms with Crippen LogP contribution < -0.4 is 5.32 Å².